The molecular formula is C18H24N2O6S. The monoisotopic (exact) mass is 396 g/mol. The molecule has 1 saturated heterocycles. The van der Waals surface area contributed by atoms with Gasteiger partial charge in [-0.2, -0.15) is 0 Å². The van der Waals surface area contributed by atoms with Gasteiger partial charge in [0.25, 0.3) is 0 Å². The minimum Gasteiger partial charge on any atom is -0.481 e. The highest BCUT2D eigenvalue weighted by Gasteiger charge is 2.31. The summed E-state index contributed by atoms with van der Waals surface area (Å²) in [5.74, 6) is -1.86. The molecule has 2 atom stereocenters. The largest absolute Gasteiger partial charge is 0.481 e. The number of nitrogens with zero attached hydrogens (tertiary/aromatic N) is 1. The lowest BCUT2D eigenvalue weighted by molar-refractivity contribution is -0.146. The standard InChI is InChI=1S/C18H24N2O6S/c1-12-9-15(18(23)24)11-20(10-12)17(22)7-8-19-27(25,26)16-5-3-14(4-6-16)13(2)21/h3-6,12,15,19H,7-11H2,1-2H3,(H,23,24). The minimum atomic E-state index is -3.79. The smallest absolute Gasteiger partial charge is 0.308 e. The highest BCUT2D eigenvalue weighted by Crippen LogP contribution is 2.22. The van der Waals surface area contributed by atoms with Gasteiger partial charge in [-0.1, -0.05) is 19.1 Å². The number of carboxylic acids is 1. The van der Waals surface area contributed by atoms with Gasteiger partial charge < -0.3 is 10.0 Å². The van der Waals surface area contributed by atoms with Crippen molar-refractivity contribution in [1.29, 1.82) is 0 Å². The molecule has 0 bridgehead atoms. The number of Topliss-reactive ketones (excluding diaryl/α,β-unsaturated/α-hetero) is 1. The zero-order valence-corrected chi connectivity index (χ0v) is 16.2. The quantitative estimate of drug-likeness (QED) is 0.667. The number of benzene rings is 1. The van der Waals surface area contributed by atoms with E-state index in [2.05, 4.69) is 4.72 Å². The van der Waals surface area contributed by atoms with E-state index in [1.807, 2.05) is 6.92 Å². The molecule has 1 heterocycles. The van der Waals surface area contributed by atoms with Crippen molar-refractivity contribution in [2.24, 2.45) is 11.8 Å². The van der Waals surface area contributed by atoms with Crippen LogP contribution in [-0.4, -0.2) is 55.7 Å². The number of hydrogen-bond donors (Lipinski definition) is 2. The van der Waals surface area contributed by atoms with E-state index in [0.29, 0.717) is 18.5 Å². The first-order valence-corrected chi connectivity index (χ1v) is 10.2. The van der Waals surface area contributed by atoms with E-state index in [0.717, 1.165) is 0 Å². The lowest BCUT2D eigenvalue weighted by Crippen LogP contribution is -2.46. The summed E-state index contributed by atoms with van der Waals surface area (Å²) in [4.78, 5) is 36.2. The minimum absolute atomic E-state index is 0.0116. The van der Waals surface area contributed by atoms with E-state index in [-0.39, 0.29) is 42.0 Å². The average Bonchev–Trinajstić information content (AvgIpc) is 2.61. The molecule has 2 rings (SSSR count). The molecule has 27 heavy (non-hydrogen) atoms. The molecule has 1 aliphatic rings. The second-order valence-electron chi connectivity index (χ2n) is 6.90. The third kappa shape index (κ3) is 5.61. The van der Waals surface area contributed by atoms with Crippen LogP contribution in [0.5, 0.6) is 0 Å². The number of sulfonamides is 1. The summed E-state index contributed by atoms with van der Waals surface area (Å²) in [6.07, 6.45) is 0.478. The lowest BCUT2D eigenvalue weighted by Gasteiger charge is -2.34. The summed E-state index contributed by atoms with van der Waals surface area (Å²) in [5, 5.41) is 9.17. The molecule has 1 aliphatic heterocycles. The van der Waals surface area contributed by atoms with E-state index in [4.69, 9.17) is 5.11 Å². The van der Waals surface area contributed by atoms with Gasteiger partial charge in [0.15, 0.2) is 5.78 Å². The lowest BCUT2D eigenvalue weighted by atomic mass is 9.90. The van der Waals surface area contributed by atoms with Crippen molar-refractivity contribution in [3.05, 3.63) is 29.8 Å². The molecule has 0 radical (unpaired) electrons. The van der Waals surface area contributed by atoms with Crippen LogP contribution in [0, 0.1) is 11.8 Å². The van der Waals surface area contributed by atoms with Crippen LogP contribution >= 0.6 is 0 Å². The topological polar surface area (TPSA) is 121 Å². The van der Waals surface area contributed by atoms with Gasteiger partial charge in [0.2, 0.25) is 15.9 Å². The van der Waals surface area contributed by atoms with Gasteiger partial charge in [0.05, 0.1) is 10.8 Å². The highest BCUT2D eigenvalue weighted by atomic mass is 32.2. The van der Waals surface area contributed by atoms with Crippen molar-refractivity contribution in [2.75, 3.05) is 19.6 Å². The number of carbonyl (C=O) groups excluding carboxylic acids is 2. The Morgan fingerprint density at radius 3 is 2.37 bits per heavy atom. The van der Waals surface area contributed by atoms with Crippen LogP contribution in [0.3, 0.4) is 0 Å². The van der Waals surface area contributed by atoms with Crippen molar-refractivity contribution in [3.8, 4) is 0 Å². The maximum absolute atomic E-state index is 12.3. The Labute approximate surface area is 158 Å². The fourth-order valence-electron chi connectivity index (χ4n) is 3.14. The molecule has 2 unspecified atom stereocenters. The summed E-state index contributed by atoms with van der Waals surface area (Å²) in [5.41, 5.74) is 0.413. The Bertz CT molecular complexity index is 819. The van der Waals surface area contributed by atoms with Crippen LogP contribution in [0.1, 0.15) is 37.0 Å². The van der Waals surface area contributed by atoms with Crippen LogP contribution < -0.4 is 4.72 Å². The fraction of sp³-hybridized carbons (Fsp3) is 0.500. The Hall–Kier alpha value is -2.26. The predicted octanol–water partition coefficient (Wildman–Crippen LogP) is 1.13. The van der Waals surface area contributed by atoms with Crippen LogP contribution in [-0.2, 0) is 19.6 Å². The van der Waals surface area contributed by atoms with E-state index < -0.39 is 21.9 Å². The van der Waals surface area contributed by atoms with Gasteiger partial charge in [-0.15, -0.1) is 0 Å². The number of nitrogens with one attached hydrogen (secondary N) is 1. The van der Waals surface area contributed by atoms with Crippen LogP contribution in [0.15, 0.2) is 29.2 Å². The number of aliphatic carboxylic acids is 1. The molecule has 2 N–H and O–H groups in total. The van der Waals surface area contributed by atoms with E-state index >= 15 is 0 Å². The number of amides is 1. The number of rotatable bonds is 7. The molecule has 0 saturated carbocycles. The Morgan fingerprint density at radius 1 is 1.19 bits per heavy atom. The van der Waals surface area contributed by atoms with E-state index in [1.54, 1.807) is 0 Å². The normalized spacial score (nSPS) is 20.3. The molecule has 1 aromatic carbocycles. The summed E-state index contributed by atoms with van der Waals surface area (Å²) < 4.78 is 26.9. The van der Waals surface area contributed by atoms with Crippen molar-refractivity contribution < 1.29 is 27.9 Å². The van der Waals surface area contributed by atoms with Crippen LogP contribution in [0.25, 0.3) is 0 Å². The molecule has 0 aromatic heterocycles. The summed E-state index contributed by atoms with van der Waals surface area (Å²) in [7, 11) is -3.79. The van der Waals surface area contributed by atoms with Crippen LogP contribution in [0.4, 0.5) is 0 Å². The number of carbonyl (C=O) groups is 3. The number of carboxylic acid groups (broad SMARTS) is 1. The van der Waals surface area contributed by atoms with E-state index in [9.17, 15) is 22.8 Å². The van der Waals surface area contributed by atoms with Crippen molar-refractivity contribution in [2.45, 2.75) is 31.6 Å². The number of ketones is 1. The Kier molecular flexibility index (Phi) is 6.72. The maximum Gasteiger partial charge on any atom is 0.308 e. The third-order valence-corrected chi connectivity index (χ3v) is 6.04. The molecule has 1 aromatic rings. The Morgan fingerprint density at radius 2 is 1.81 bits per heavy atom. The first kappa shape index (κ1) is 21.0. The molecule has 8 nitrogen and oxygen atoms in total. The number of hydrogen-bond acceptors (Lipinski definition) is 5. The molecule has 0 spiro atoms. The van der Waals surface area contributed by atoms with Crippen molar-refractivity contribution >= 4 is 27.7 Å². The third-order valence-electron chi connectivity index (χ3n) is 4.56. The van der Waals surface area contributed by atoms with E-state index in [1.165, 1.54) is 36.1 Å². The molecular weight excluding hydrogens is 372 g/mol. The second-order valence-corrected chi connectivity index (χ2v) is 8.67. The van der Waals surface area contributed by atoms with Crippen molar-refractivity contribution in [1.82, 2.24) is 9.62 Å². The maximum atomic E-state index is 12.3. The molecule has 1 fully saturated rings. The predicted molar refractivity (Wildman–Crippen MR) is 97.7 cm³/mol. The fourth-order valence-corrected chi connectivity index (χ4v) is 4.17. The molecule has 148 valence electrons. The van der Waals surface area contributed by atoms with Gasteiger partial charge in [-0.25, -0.2) is 13.1 Å². The molecule has 1 amide bonds. The van der Waals surface area contributed by atoms with Gasteiger partial charge in [0.1, 0.15) is 0 Å². The highest BCUT2D eigenvalue weighted by molar-refractivity contribution is 7.89. The first-order valence-electron chi connectivity index (χ1n) is 8.71. The number of piperidine rings is 1. The van der Waals surface area contributed by atoms with Crippen molar-refractivity contribution in [3.63, 3.8) is 0 Å². The van der Waals surface area contributed by atoms with Gasteiger partial charge in [0, 0.05) is 31.6 Å². The zero-order valence-electron chi connectivity index (χ0n) is 15.3. The van der Waals surface area contributed by atoms with Gasteiger partial charge in [-0.3, -0.25) is 14.4 Å². The van der Waals surface area contributed by atoms with Gasteiger partial charge >= 0.3 is 5.97 Å². The SMILES string of the molecule is CC(=O)c1ccc(S(=O)(=O)NCCC(=O)N2CC(C)CC(C(=O)O)C2)cc1. The Balaban J connectivity index is 1.91. The number of likely N-dealkylation sites (tertiary alicyclic amines) is 1. The molecule has 9 heteroatoms. The summed E-state index contributed by atoms with van der Waals surface area (Å²) in [6, 6.07) is 5.54. The van der Waals surface area contributed by atoms with Crippen LogP contribution in [0.2, 0.25) is 0 Å². The van der Waals surface area contributed by atoms with Gasteiger partial charge in [-0.05, 0) is 31.4 Å². The zero-order chi connectivity index (χ0) is 20.2. The first-order chi connectivity index (χ1) is 12.6. The summed E-state index contributed by atoms with van der Waals surface area (Å²) >= 11 is 0. The second kappa shape index (κ2) is 8.62. The average molecular weight is 396 g/mol. The summed E-state index contributed by atoms with van der Waals surface area (Å²) in [6.45, 7) is 3.82. The molecule has 0 aliphatic carbocycles.